The second-order valence-electron chi connectivity index (χ2n) is 4.28. The summed E-state index contributed by atoms with van der Waals surface area (Å²) in [5.74, 6) is 0.872. The fourth-order valence-electron chi connectivity index (χ4n) is 1.59. The number of hydrogen-bond donors (Lipinski definition) is 1. The third-order valence-electron chi connectivity index (χ3n) is 2.72. The number of rotatable bonds is 6. The van der Waals surface area contributed by atoms with Crippen molar-refractivity contribution in [3.05, 3.63) is 36.7 Å². The zero-order valence-corrected chi connectivity index (χ0v) is 11.3. The van der Waals surface area contributed by atoms with Gasteiger partial charge in [0, 0.05) is 7.05 Å². The predicted octanol–water partition coefficient (Wildman–Crippen LogP) is 0.398. The number of amides is 1. The number of ether oxygens (including phenoxy) is 1. The molecule has 2 rings (SSSR count). The van der Waals surface area contributed by atoms with Crippen LogP contribution in [0.3, 0.4) is 0 Å². The second-order valence-corrected chi connectivity index (χ2v) is 4.28. The van der Waals surface area contributed by atoms with Crippen molar-refractivity contribution >= 4 is 11.9 Å². The molecule has 0 spiro atoms. The molecule has 2 aromatic rings. The molecular formula is C13H17N5O2. The number of carbonyl (C=O) groups excluding carboxylic acids is 1. The largest absolute Gasteiger partial charge is 0.492 e. The van der Waals surface area contributed by atoms with Gasteiger partial charge >= 0.3 is 0 Å². The molecule has 1 amide bonds. The van der Waals surface area contributed by atoms with Gasteiger partial charge in [-0.1, -0.05) is 18.2 Å². The lowest BCUT2D eigenvalue weighted by molar-refractivity contribution is -0.131. The van der Waals surface area contributed by atoms with E-state index in [-0.39, 0.29) is 18.4 Å². The molecule has 1 aromatic heterocycles. The van der Waals surface area contributed by atoms with E-state index in [9.17, 15) is 4.79 Å². The molecule has 0 aliphatic rings. The van der Waals surface area contributed by atoms with E-state index in [2.05, 4.69) is 10.1 Å². The Morgan fingerprint density at radius 2 is 2.15 bits per heavy atom. The number of anilines is 1. The molecule has 0 saturated carbocycles. The predicted molar refractivity (Wildman–Crippen MR) is 74.0 cm³/mol. The summed E-state index contributed by atoms with van der Waals surface area (Å²) in [6.45, 7) is 1.05. The van der Waals surface area contributed by atoms with E-state index in [1.807, 2.05) is 30.3 Å². The Kier molecular flexibility index (Phi) is 4.54. The smallest absolute Gasteiger partial charge is 0.244 e. The van der Waals surface area contributed by atoms with Crippen molar-refractivity contribution in [3.63, 3.8) is 0 Å². The summed E-state index contributed by atoms with van der Waals surface area (Å²) in [6.07, 6.45) is 1.43. The van der Waals surface area contributed by atoms with Crippen molar-refractivity contribution in [1.29, 1.82) is 0 Å². The minimum atomic E-state index is -0.0773. The van der Waals surface area contributed by atoms with E-state index in [0.717, 1.165) is 5.75 Å². The lowest BCUT2D eigenvalue weighted by Gasteiger charge is -2.17. The maximum Gasteiger partial charge on any atom is 0.244 e. The maximum absolute atomic E-state index is 11.9. The molecule has 7 heteroatoms. The number of benzene rings is 1. The molecule has 0 fully saturated rings. The molecule has 0 aliphatic carbocycles. The molecule has 7 nitrogen and oxygen atoms in total. The standard InChI is InChI=1S/C13H17N5O2/c1-17(7-8-20-11-5-3-2-4-6-11)12(19)9-18-10-15-13(14)16-18/h2-6,10H,7-9H2,1H3,(H2,14,16). The SMILES string of the molecule is CN(CCOc1ccccc1)C(=O)Cn1cnc(N)n1. The van der Waals surface area contributed by atoms with Crippen LogP contribution >= 0.6 is 0 Å². The van der Waals surface area contributed by atoms with E-state index in [1.165, 1.54) is 11.0 Å². The Morgan fingerprint density at radius 3 is 2.80 bits per heavy atom. The second kappa shape index (κ2) is 6.55. The van der Waals surface area contributed by atoms with Crippen LogP contribution in [0.25, 0.3) is 0 Å². The highest BCUT2D eigenvalue weighted by atomic mass is 16.5. The van der Waals surface area contributed by atoms with Gasteiger partial charge in [-0.2, -0.15) is 0 Å². The number of likely N-dealkylation sites (N-methyl/N-ethyl adjacent to an activating group) is 1. The summed E-state index contributed by atoms with van der Waals surface area (Å²) in [7, 11) is 1.72. The van der Waals surface area contributed by atoms with Crippen molar-refractivity contribution in [2.75, 3.05) is 25.9 Å². The third-order valence-corrected chi connectivity index (χ3v) is 2.72. The fourth-order valence-corrected chi connectivity index (χ4v) is 1.59. The number of aromatic nitrogens is 3. The normalized spacial score (nSPS) is 10.2. The highest BCUT2D eigenvalue weighted by Gasteiger charge is 2.10. The summed E-state index contributed by atoms with van der Waals surface area (Å²) in [6, 6.07) is 9.48. The maximum atomic E-state index is 11.9. The summed E-state index contributed by atoms with van der Waals surface area (Å²) < 4.78 is 6.94. The van der Waals surface area contributed by atoms with Gasteiger partial charge in [-0.15, -0.1) is 5.10 Å². The lowest BCUT2D eigenvalue weighted by atomic mass is 10.3. The molecule has 20 heavy (non-hydrogen) atoms. The summed E-state index contributed by atoms with van der Waals surface area (Å²) >= 11 is 0. The third kappa shape index (κ3) is 3.98. The van der Waals surface area contributed by atoms with Crippen molar-refractivity contribution in [3.8, 4) is 5.75 Å². The molecule has 0 radical (unpaired) electrons. The van der Waals surface area contributed by atoms with Crippen molar-refractivity contribution in [2.24, 2.45) is 0 Å². The Labute approximate surface area is 117 Å². The highest BCUT2D eigenvalue weighted by molar-refractivity contribution is 5.75. The molecule has 0 saturated heterocycles. The van der Waals surface area contributed by atoms with Crippen LogP contribution < -0.4 is 10.5 Å². The minimum Gasteiger partial charge on any atom is -0.492 e. The number of hydrogen-bond acceptors (Lipinski definition) is 5. The van der Waals surface area contributed by atoms with Crippen LogP contribution in [0.5, 0.6) is 5.75 Å². The molecule has 106 valence electrons. The van der Waals surface area contributed by atoms with Gasteiger partial charge in [0.1, 0.15) is 25.2 Å². The number of nitrogen functional groups attached to an aromatic ring is 1. The van der Waals surface area contributed by atoms with Crippen LogP contribution in [-0.4, -0.2) is 45.8 Å². The van der Waals surface area contributed by atoms with Gasteiger partial charge < -0.3 is 15.4 Å². The topological polar surface area (TPSA) is 86.3 Å². The van der Waals surface area contributed by atoms with Gasteiger partial charge in [0.25, 0.3) is 0 Å². The first kappa shape index (κ1) is 13.9. The molecule has 0 atom stereocenters. The van der Waals surface area contributed by atoms with Crippen LogP contribution in [0, 0.1) is 0 Å². The van der Waals surface area contributed by atoms with Gasteiger partial charge in [0.2, 0.25) is 11.9 Å². The summed E-state index contributed by atoms with van der Waals surface area (Å²) in [4.78, 5) is 17.3. The molecule has 1 heterocycles. The van der Waals surface area contributed by atoms with Gasteiger partial charge in [0.15, 0.2) is 0 Å². The van der Waals surface area contributed by atoms with Crippen LogP contribution in [0.4, 0.5) is 5.95 Å². The van der Waals surface area contributed by atoms with Gasteiger partial charge in [0.05, 0.1) is 6.54 Å². The fraction of sp³-hybridized carbons (Fsp3) is 0.308. The van der Waals surface area contributed by atoms with Crippen molar-refractivity contribution in [1.82, 2.24) is 19.7 Å². The Balaban J connectivity index is 1.74. The van der Waals surface area contributed by atoms with Crippen LogP contribution in [0.2, 0.25) is 0 Å². The van der Waals surface area contributed by atoms with Crippen LogP contribution in [-0.2, 0) is 11.3 Å². The average Bonchev–Trinajstić information content (AvgIpc) is 2.85. The Morgan fingerprint density at radius 1 is 1.40 bits per heavy atom. The molecule has 0 bridgehead atoms. The Hall–Kier alpha value is -2.57. The first-order valence-electron chi connectivity index (χ1n) is 6.22. The lowest BCUT2D eigenvalue weighted by Crippen LogP contribution is -2.33. The quantitative estimate of drug-likeness (QED) is 0.824. The van der Waals surface area contributed by atoms with E-state index in [0.29, 0.717) is 13.2 Å². The first-order chi connectivity index (χ1) is 9.65. The van der Waals surface area contributed by atoms with Crippen LogP contribution in [0.15, 0.2) is 36.7 Å². The molecular weight excluding hydrogens is 258 g/mol. The summed E-state index contributed by atoms with van der Waals surface area (Å²) in [5.41, 5.74) is 5.39. The monoisotopic (exact) mass is 275 g/mol. The van der Waals surface area contributed by atoms with Crippen LogP contribution in [0.1, 0.15) is 0 Å². The zero-order chi connectivity index (χ0) is 14.4. The number of nitrogens with two attached hydrogens (primary N) is 1. The van der Waals surface area contributed by atoms with E-state index < -0.39 is 0 Å². The average molecular weight is 275 g/mol. The van der Waals surface area contributed by atoms with Crippen molar-refractivity contribution < 1.29 is 9.53 Å². The number of nitrogens with zero attached hydrogens (tertiary/aromatic N) is 4. The first-order valence-corrected chi connectivity index (χ1v) is 6.22. The molecule has 0 aliphatic heterocycles. The summed E-state index contributed by atoms with van der Waals surface area (Å²) in [5, 5.41) is 3.87. The van der Waals surface area contributed by atoms with Gasteiger partial charge in [-0.25, -0.2) is 9.67 Å². The van der Waals surface area contributed by atoms with Gasteiger partial charge in [-0.05, 0) is 12.1 Å². The number of carbonyl (C=O) groups is 1. The van der Waals surface area contributed by atoms with E-state index >= 15 is 0 Å². The number of para-hydroxylation sites is 1. The molecule has 1 aromatic carbocycles. The zero-order valence-electron chi connectivity index (χ0n) is 11.3. The van der Waals surface area contributed by atoms with E-state index in [1.54, 1.807) is 11.9 Å². The minimum absolute atomic E-state index is 0.0773. The highest BCUT2D eigenvalue weighted by Crippen LogP contribution is 2.07. The van der Waals surface area contributed by atoms with Gasteiger partial charge in [-0.3, -0.25) is 4.79 Å². The van der Waals surface area contributed by atoms with E-state index in [4.69, 9.17) is 10.5 Å². The molecule has 2 N–H and O–H groups in total. The van der Waals surface area contributed by atoms with Crippen molar-refractivity contribution in [2.45, 2.75) is 6.54 Å². The molecule has 0 unspecified atom stereocenters. The Bertz CT molecular complexity index is 555.